The van der Waals surface area contributed by atoms with Crippen LogP contribution in [-0.4, -0.2) is 50.3 Å². The van der Waals surface area contributed by atoms with Crippen molar-refractivity contribution in [2.24, 2.45) is 0 Å². The molecule has 0 spiro atoms. The van der Waals surface area contributed by atoms with E-state index in [1.54, 1.807) is 0 Å². The van der Waals surface area contributed by atoms with Crippen LogP contribution in [0.15, 0.2) is 28.7 Å². The summed E-state index contributed by atoms with van der Waals surface area (Å²) >= 11 is 3.53. The third-order valence-corrected chi connectivity index (χ3v) is 4.12. The van der Waals surface area contributed by atoms with Crippen LogP contribution in [0.2, 0.25) is 0 Å². The van der Waals surface area contributed by atoms with Crippen molar-refractivity contribution in [3.63, 3.8) is 0 Å². The van der Waals surface area contributed by atoms with Crippen molar-refractivity contribution in [2.75, 3.05) is 44.3 Å². The van der Waals surface area contributed by atoms with Crippen LogP contribution in [0.1, 0.15) is 0 Å². The van der Waals surface area contributed by atoms with E-state index >= 15 is 0 Å². The zero-order valence-electron chi connectivity index (χ0n) is 9.81. The first kappa shape index (κ1) is 11.5. The number of rotatable bonds is 2. The maximum Gasteiger partial charge on any atom is 0.0645 e. The van der Waals surface area contributed by atoms with Crippen molar-refractivity contribution < 1.29 is 4.74 Å². The number of hydrogen-bond donors (Lipinski definition) is 0. The highest BCUT2D eigenvalue weighted by Gasteiger charge is 2.28. The number of ether oxygens (including phenoxy) is 1. The van der Waals surface area contributed by atoms with Crippen molar-refractivity contribution in [1.82, 2.24) is 4.90 Å². The summed E-state index contributed by atoms with van der Waals surface area (Å²) in [6.07, 6.45) is 0. The molecule has 0 bridgehead atoms. The molecule has 0 aliphatic carbocycles. The Bertz CT molecular complexity index is 387. The van der Waals surface area contributed by atoms with E-state index < -0.39 is 0 Å². The SMILES string of the molecule is Brc1cccc(N2CCN(C3COC3)CC2)c1. The zero-order valence-corrected chi connectivity index (χ0v) is 11.4. The molecule has 2 fully saturated rings. The first-order valence-corrected chi connectivity index (χ1v) is 6.94. The van der Waals surface area contributed by atoms with Gasteiger partial charge in [0.25, 0.3) is 0 Å². The second-order valence-electron chi connectivity index (χ2n) is 4.69. The Kier molecular flexibility index (Phi) is 3.36. The van der Waals surface area contributed by atoms with Gasteiger partial charge in [-0.2, -0.15) is 0 Å². The van der Waals surface area contributed by atoms with Gasteiger partial charge in [-0.05, 0) is 18.2 Å². The lowest BCUT2D eigenvalue weighted by atomic mass is 10.1. The van der Waals surface area contributed by atoms with Crippen LogP contribution in [0.5, 0.6) is 0 Å². The van der Waals surface area contributed by atoms with Gasteiger partial charge in [-0.15, -0.1) is 0 Å². The minimum atomic E-state index is 0.680. The molecule has 2 aliphatic rings. The van der Waals surface area contributed by atoms with Gasteiger partial charge >= 0.3 is 0 Å². The predicted molar refractivity (Wildman–Crippen MR) is 72.5 cm³/mol. The predicted octanol–water partition coefficient (Wildman–Crippen LogP) is 1.97. The minimum Gasteiger partial charge on any atom is -0.378 e. The molecule has 0 saturated carbocycles. The third kappa shape index (κ3) is 2.49. The fourth-order valence-electron chi connectivity index (χ4n) is 2.45. The molecule has 2 aliphatic heterocycles. The summed E-state index contributed by atoms with van der Waals surface area (Å²) in [6, 6.07) is 9.24. The smallest absolute Gasteiger partial charge is 0.0645 e. The zero-order chi connectivity index (χ0) is 11.7. The molecule has 1 aromatic carbocycles. The molecule has 0 amide bonds. The molecule has 1 aromatic rings. The molecule has 4 heteroatoms. The van der Waals surface area contributed by atoms with Crippen LogP contribution in [-0.2, 0) is 4.74 Å². The molecule has 0 N–H and O–H groups in total. The molecular formula is C13H17BrN2O. The van der Waals surface area contributed by atoms with E-state index in [9.17, 15) is 0 Å². The number of hydrogen-bond acceptors (Lipinski definition) is 3. The van der Waals surface area contributed by atoms with Crippen molar-refractivity contribution in [3.05, 3.63) is 28.7 Å². The molecule has 92 valence electrons. The molecule has 3 nitrogen and oxygen atoms in total. The Labute approximate surface area is 110 Å². The highest BCUT2D eigenvalue weighted by molar-refractivity contribution is 9.10. The van der Waals surface area contributed by atoms with E-state index in [1.807, 2.05) is 0 Å². The lowest BCUT2D eigenvalue weighted by Gasteiger charge is -2.43. The summed E-state index contributed by atoms with van der Waals surface area (Å²) in [7, 11) is 0. The summed E-state index contributed by atoms with van der Waals surface area (Å²) in [6.45, 7) is 6.40. The molecule has 17 heavy (non-hydrogen) atoms. The van der Waals surface area contributed by atoms with Gasteiger partial charge in [0.05, 0.1) is 19.3 Å². The normalized spacial score (nSPS) is 22.5. The molecule has 0 radical (unpaired) electrons. The fraction of sp³-hybridized carbons (Fsp3) is 0.538. The summed E-state index contributed by atoms with van der Waals surface area (Å²) in [5.74, 6) is 0. The Morgan fingerprint density at radius 1 is 1.12 bits per heavy atom. The van der Waals surface area contributed by atoms with Gasteiger partial charge in [0, 0.05) is 36.3 Å². The average molecular weight is 297 g/mol. The molecule has 0 atom stereocenters. The summed E-state index contributed by atoms with van der Waals surface area (Å²) in [5, 5.41) is 0. The third-order valence-electron chi connectivity index (χ3n) is 3.62. The van der Waals surface area contributed by atoms with E-state index in [1.165, 1.54) is 5.69 Å². The summed E-state index contributed by atoms with van der Waals surface area (Å²) in [5.41, 5.74) is 1.32. The topological polar surface area (TPSA) is 15.7 Å². The Hall–Kier alpha value is -0.580. The van der Waals surface area contributed by atoms with Crippen molar-refractivity contribution in [3.8, 4) is 0 Å². The lowest BCUT2D eigenvalue weighted by Crippen LogP contribution is -2.56. The maximum absolute atomic E-state index is 5.25. The molecule has 0 aromatic heterocycles. The number of piperazine rings is 1. The molecular weight excluding hydrogens is 280 g/mol. The van der Waals surface area contributed by atoms with E-state index in [-0.39, 0.29) is 0 Å². The largest absolute Gasteiger partial charge is 0.378 e. The van der Waals surface area contributed by atoms with Crippen LogP contribution in [0.3, 0.4) is 0 Å². The standard InChI is InChI=1S/C13H17BrN2O/c14-11-2-1-3-12(8-11)15-4-6-16(7-5-15)13-9-17-10-13/h1-3,8,13H,4-7,9-10H2. The first-order chi connectivity index (χ1) is 8.33. The Morgan fingerprint density at radius 2 is 1.88 bits per heavy atom. The monoisotopic (exact) mass is 296 g/mol. The first-order valence-electron chi connectivity index (χ1n) is 6.15. The summed E-state index contributed by atoms with van der Waals surface area (Å²) in [4.78, 5) is 5.01. The maximum atomic E-state index is 5.25. The number of anilines is 1. The Balaban J connectivity index is 1.60. The van der Waals surface area contributed by atoms with Gasteiger partial charge in [-0.1, -0.05) is 22.0 Å². The van der Waals surface area contributed by atoms with Gasteiger partial charge in [-0.3, -0.25) is 4.90 Å². The van der Waals surface area contributed by atoms with Gasteiger partial charge in [-0.25, -0.2) is 0 Å². The minimum absolute atomic E-state index is 0.680. The van der Waals surface area contributed by atoms with Crippen LogP contribution < -0.4 is 4.90 Å². The number of nitrogens with zero attached hydrogens (tertiary/aromatic N) is 2. The van der Waals surface area contributed by atoms with Crippen LogP contribution >= 0.6 is 15.9 Å². The molecule has 2 saturated heterocycles. The Morgan fingerprint density at radius 3 is 2.47 bits per heavy atom. The highest BCUT2D eigenvalue weighted by Crippen LogP contribution is 2.22. The second kappa shape index (κ2) is 4.96. The van der Waals surface area contributed by atoms with Crippen molar-refractivity contribution >= 4 is 21.6 Å². The lowest BCUT2D eigenvalue weighted by molar-refractivity contribution is -0.0660. The number of benzene rings is 1. The number of halogens is 1. The van der Waals surface area contributed by atoms with Crippen LogP contribution in [0.25, 0.3) is 0 Å². The van der Waals surface area contributed by atoms with E-state index in [2.05, 4.69) is 50.0 Å². The van der Waals surface area contributed by atoms with Gasteiger partial charge in [0.1, 0.15) is 0 Å². The summed E-state index contributed by atoms with van der Waals surface area (Å²) < 4.78 is 6.41. The molecule has 3 rings (SSSR count). The van der Waals surface area contributed by atoms with Gasteiger partial charge in [0.15, 0.2) is 0 Å². The van der Waals surface area contributed by atoms with Gasteiger partial charge < -0.3 is 9.64 Å². The van der Waals surface area contributed by atoms with Crippen molar-refractivity contribution in [1.29, 1.82) is 0 Å². The van der Waals surface area contributed by atoms with Crippen LogP contribution in [0, 0.1) is 0 Å². The molecule has 2 heterocycles. The van der Waals surface area contributed by atoms with E-state index in [0.717, 1.165) is 43.9 Å². The van der Waals surface area contributed by atoms with Crippen LogP contribution in [0.4, 0.5) is 5.69 Å². The average Bonchev–Trinajstić information content (AvgIpc) is 2.28. The van der Waals surface area contributed by atoms with Crippen molar-refractivity contribution in [2.45, 2.75) is 6.04 Å². The second-order valence-corrected chi connectivity index (χ2v) is 5.61. The fourth-order valence-corrected chi connectivity index (χ4v) is 2.84. The van der Waals surface area contributed by atoms with E-state index in [0.29, 0.717) is 6.04 Å². The molecule has 0 unspecified atom stereocenters. The quantitative estimate of drug-likeness (QED) is 0.830. The highest BCUT2D eigenvalue weighted by atomic mass is 79.9. The van der Waals surface area contributed by atoms with E-state index in [4.69, 9.17) is 4.74 Å². The van der Waals surface area contributed by atoms with Gasteiger partial charge in [0.2, 0.25) is 0 Å².